The van der Waals surface area contributed by atoms with Crippen LogP contribution >= 0.6 is 0 Å². The van der Waals surface area contributed by atoms with Crippen LogP contribution in [0.4, 0.5) is 5.82 Å². The van der Waals surface area contributed by atoms with Gasteiger partial charge in [-0.05, 0) is 19.1 Å². The lowest BCUT2D eigenvalue weighted by molar-refractivity contribution is -0.120. The van der Waals surface area contributed by atoms with Crippen LogP contribution in [0, 0.1) is 0 Å². The Morgan fingerprint density at radius 3 is 3.00 bits per heavy atom. The molecule has 102 valence electrons. The summed E-state index contributed by atoms with van der Waals surface area (Å²) in [5, 5.41) is 5.83. The first kappa shape index (κ1) is 13.3. The van der Waals surface area contributed by atoms with E-state index in [0.717, 1.165) is 12.4 Å². The van der Waals surface area contributed by atoms with Crippen LogP contribution in [0.3, 0.4) is 0 Å². The summed E-state index contributed by atoms with van der Waals surface area (Å²) in [4.78, 5) is 29.4. The summed E-state index contributed by atoms with van der Waals surface area (Å²) in [6.45, 7) is 4.29. The predicted molar refractivity (Wildman–Crippen MR) is 71.9 cm³/mol. The average molecular weight is 262 g/mol. The molecule has 0 radical (unpaired) electrons. The monoisotopic (exact) mass is 262 g/mol. The lowest BCUT2D eigenvalue weighted by atomic mass is 10.2. The fourth-order valence-electron chi connectivity index (χ4n) is 1.96. The quantitative estimate of drug-likeness (QED) is 0.830. The third kappa shape index (κ3) is 3.43. The van der Waals surface area contributed by atoms with Gasteiger partial charge in [0.05, 0.1) is 5.56 Å². The number of hydrogen-bond acceptors (Lipinski definition) is 4. The van der Waals surface area contributed by atoms with Gasteiger partial charge < -0.3 is 15.5 Å². The van der Waals surface area contributed by atoms with Crippen molar-refractivity contribution in [3.63, 3.8) is 0 Å². The van der Waals surface area contributed by atoms with E-state index in [9.17, 15) is 9.59 Å². The Kier molecular flexibility index (Phi) is 4.33. The van der Waals surface area contributed by atoms with E-state index in [2.05, 4.69) is 15.6 Å². The fourth-order valence-corrected chi connectivity index (χ4v) is 1.96. The summed E-state index contributed by atoms with van der Waals surface area (Å²) in [6.07, 6.45) is 1.93. The summed E-state index contributed by atoms with van der Waals surface area (Å²) in [5.74, 6) is 0.676. The van der Waals surface area contributed by atoms with Crippen LogP contribution in [0.5, 0.6) is 0 Å². The van der Waals surface area contributed by atoms with Gasteiger partial charge in [0.15, 0.2) is 0 Å². The van der Waals surface area contributed by atoms with E-state index >= 15 is 0 Å². The lowest BCUT2D eigenvalue weighted by Gasteiger charge is -2.19. The largest absolute Gasteiger partial charge is 0.370 e. The second kappa shape index (κ2) is 6.17. The molecular formula is C13H18N4O2. The summed E-state index contributed by atoms with van der Waals surface area (Å²) in [6, 6.07) is 3.55. The van der Waals surface area contributed by atoms with E-state index < -0.39 is 0 Å². The first-order valence-electron chi connectivity index (χ1n) is 6.46. The first-order chi connectivity index (χ1) is 9.20. The van der Waals surface area contributed by atoms with Gasteiger partial charge in [-0.25, -0.2) is 4.98 Å². The number of rotatable bonds is 3. The van der Waals surface area contributed by atoms with E-state index in [-0.39, 0.29) is 11.8 Å². The van der Waals surface area contributed by atoms with Crippen molar-refractivity contribution in [1.82, 2.24) is 15.2 Å². The Labute approximate surface area is 112 Å². The molecule has 0 aliphatic carbocycles. The maximum Gasteiger partial charge on any atom is 0.255 e. The van der Waals surface area contributed by atoms with Gasteiger partial charge >= 0.3 is 0 Å². The fraction of sp³-hybridized carbons (Fsp3) is 0.462. The van der Waals surface area contributed by atoms with Crippen molar-refractivity contribution in [2.75, 3.05) is 31.5 Å². The minimum atomic E-state index is -0.0768. The molecule has 1 saturated heterocycles. The number of anilines is 1. The summed E-state index contributed by atoms with van der Waals surface area (Å²) >= 11 is 0. The van der Waals surface area contributed by atoms with Gasteiger partial charge in [0.25, 0.3) is 5.91 Å². The number of aromatic nitrogens is 1. The predicted octanol–water partition coefficient (Wildman–Crippen LogP) is 0.475. The zero-order valence-corrected chi connectivity index (χ0v) is 11.0. The van der Waals surface area contributed by atoms with Crippen molar-refractivity contribution in [1.29, 1.82) is 0 Å². The zero-order chi connectivity index (χ0) is 13.7. The number of hydrogen-bond donors (Lipinski definition) is 2. The Morgan fingerprint density at radius 1 is 1.47 bits per heavy atom. The van der Waals surface area contributed by atoms with Crippen LogP contribution in [0.25, 0.3) is 0 Å². The Hall–Kier alpha value is -2.11. The summed E-state index contributed by atoms with van der Waals surface area (Å²) in [7, 11) is 0. The second-order valence-corrected chi connectivity index (χ2v) is 4.35. The molecular weight excluding hydrogens is 244 g/mol. The van der Waals surface area contributed by atoms with Crippen molar-refractivity contribution < 1.29 is 9.59 Å². The highest BCUT2D eigenvalue weighted by Gasteiger charge is 2.19. The SMILES string of the molecule is CCNc1ccc(C(=O)N2CCNC(=O)CC2)cn1. The molecule has 1 aliphatic rings. The molecule has 0 bridgehead atoms. The first-order valence-corrected chi connectivity index (χ1v) is 6.46. The molecule has 1 fully saturated rings. The van der Waals surface area contributed by atoms with Crippen molar-refractivity contribution in [3.8, 4) is 0 Å². The molecule has 19 heavy (non-hydrogen) atoms. The van der Waals surface area contributed by atoms with Gasteiger partial charge in [-0.3, -0.25) is 9.59 Å². The Balaban J connectivity index is 2.03. The van der Waals surface area contributed by atoms with Crippen LogP contribution in [-0.4, -0.2) is 47.9 Å². The van der Waals surface area contributed by atoms with E-state index in [0.29, 0.717) is 31.6 Å². The van der Waals surface area contributed by atoms with Crippen LogP contribution in [0.1, 0.15) is 23.7 Å². The lowest BCUT2D eigenvalue weighted by Crippen LogP contribution is -2.34. The number of carbonyl (C=O) groups excluding carboxylic acids is 2. The van der Waals surface area contributed by atoms with Crippen molar-refractivity contribution in [2.24, 2.45) is 0 Å². The highest BCUT2D eigenvalue weighted by molar-refractivity contribution is 5.94. The highest BCUT2D eigenvalue weighted by Crippen LogP contribution is 2.09. The third-order valence-electron chi connectivity index (χ3n) is 2.97. The number of carbonyl (C=O) groups is 2. The standard InChI is InChI=1S/C13H18N4O2/c1-2-14-11-4-3-10(9-16-11)13(19)17-7-5-12(18)15-6-8-17/h3-4,9H,2,5-8H2,1H3,(H,14,16)(H,15,18). The molecule has 0 saturated carbocycles. The molecule has 1 aromatic heterocycles. The van der Waals surface area contributed by atoms with Crippen LogP contribution in [0.2, 0.25) is 0 Å². The topological polar surface area (TPSA) is 74.3 Å². The van der Waals surface area contributed by atoms with Gasteiger partial charge in [-0.15, -0.1) is 0 Å². The number of nitrogens with one attached hydrogen (secondary N) is 2. The van der Waals surface area contributed by atoms with E-state index in [4.69, 9.17) is 0 Å². The molecule has 0 aromatic carbocycles. The van der Waals surface area contributed by atoms with Crippen LogP contribution in [0.15, 0.2) is 18.3 Å². The molecule has 0 spiro atoms. The molecule has 6 nitrogen and oxygen atoms in total. The molecule has 2 amide bonds. The van der Waals surface area contributed by atoms with Gasteiger partial charge in [0.1, 0.15) is 5.82 Å². The summed E-state index contributed by atoms with van der Waals surface area (Å²) < 4.78 is 0. The van der Waals surface area contributed by atoms with Gasteiger partial charge in [-0.1, -0.05) is 0 Å². The van der Waals surface area contributed by atoms with Gasteiger partial charge in [0, 0.05) is 38.8 Å². The smallest absolute Gasteiger partial charge is 0.255 e. The molecule has 2 N–H and O–H groups in total. The molecule has 0 unspecified atom stereocenters. The van der Waals surface area contributed by atoms with E-state index in [1.165, 1.54) is 0 Å². The number of pyridine rings is 1. The Bertz CT molecular complexity index is 458. The van der Waals surface area contributed by atoms with Crippen molar-refractivity contribution >= 4 is 17.6 Å². The molecule has 2 heterocycles. The normalized spacial score (nSPS) is 15.6. The molecule has 1 aliphatic heterocycles. The minimum Gasteiger partial charge on any atom is -0.370 e. The van der Waals surface area contributed by atoms with Crippen molar-refractivity contribution in [3.05, 3.63) is 23.9 Å². The van der Waals surface area contributed by atoms with Gasteiger partial charge in [-0.2, -0.15) is 0 Å². The Morgan fingerprint density at radius 2 is 2.32 bits per heavy atom. The zero-order valence-electron chi connectivity index (χ0n) is 11.0. The highest BCUT2D eigenvalue weighted by atomic mass is 16.2. The van der Waals surface area contributed by atoms with E-state index in [1.807, 2.05) is 6.92 Å². The van der Waals surface area contributed by atoms with Crippen molar-refractivity contribution in [2.45, 2.75) is 13.3 Å². The average Bonchev–Trinajstić information content (AvgIpc) is 2.64. The van der Waals surface area contributed by atoms with E-state index in [1.54, 1.807) is 23.2 Å². The van der Waals surface area contributed by atoms with Gasteiger partial charge in [0.2, 0.25) is 5.91 Å². The molecule has 6 heteroatoms. The minimum absolute atomic E-state index is 0.00378. The maximum atomic E-state index is 12.3. The second-order valence-electron chi connectivity index (χ2n) is 4.35. The molecule has 2 rings (SSSR count). The maximum absolute atomic E-state index is 12.3. The molecule has 1 aromatic rings. The third-order valence-corrected chi connectivity index (χ3v) is 2.97. The molecule has 0 atom stereocenters. The number of nitrogens with zero attached hydrogens (tertiary/aromatic N) is 2. The number of amides is 2. The van der Waals surface area contributed by atoms with Crippen LogP contribution in [-0.2, 0) is 4.79 Å². The van der Waals surface area contributed by atoms with Crippen LogP contribution < -0.4 is 10.6 Å². The summed E-state index contributed by atoms with van der Waals surface area (Å²) in [5.41, 5.74) is 0.552.